The van der Waals surface area contributed by atoms with E-state index in [-0.39, 0.29) is 51.5 Å². The van der Waals surface area contributed by atoms with Crippen LogP contribution in [0.4, 0.5) is 11.4 Å². The summed E-state index contributed by atoms with van der Waals surface area (Å²) in [6.07, 6.45) is 0. The maximum Gasteiger partial charge on any atom is 0.270 e. The zero-order chi connectivity index (χ0) is 20.5. The second kappa shape index (κ2) is 22.3. The Balaban J connectivity index is -0.000000329. The number of non-ortho nitro benzene ring substituents is 2. The van der Waals surface area contributed by atoms with Crippen molar-refractivity contribution in [2.75, 3.05) is 0 Å². The molecule has 0 unspecified atom stereocenters. The van der Waals surface area contributed by atoms with E-state index in [2.05, 4.69) is 0 Å². The van der Waals surface area contributed by atoms with E-state index in [1.54, 1.807) is 24.3 Å². The third-order valence-electron chi connectivity index (χ3n) is 2.29. The van der Waals surface area contributed by atoms with Gasteiger partial charge in [0.05, 0.1) is 9.85 Å². The van der Waals surface area contributed by atoms with Crippen LogP contribution in [0.2, 0.25) is 0 Å². The van der Waals surface area contributed by atoms with Crippen LogP contribution in [0, 0.1) is 27.7 Å². The molecule has 0 saturated carbocycles. The molecular formula is C19H29N2O4S2Y-. The Morgan fingerprint density at radius 2 is 0.964 bits per heavy atom. The van der Waals surface area contributed by atoms with Gasteiger partial charge in [-0.05, 0) is 12.1 Å². The summed E-state index contributed by atoms with van der Waals surface area (Å²) in [6.45, 7) is 12.0. The number of hydrogen-bond donors (Lipinski definition) is 0. The molecule has 0 amide bonds. The van der Waals surface area contributed by atoms with Crippen molar-refractivity contribution in [3.05, 3.63) is 76.2 Å². The average Bonchev–Trinajstić information content (AvgIpc) is 2.71. The Morgan fingerprint density at radius 1 is 0.679 bits per heavy atom. The van der Waals surface area contributed by atoms with Crippen LogP contribution in [0.5, 0.6) is 0 Å². The van der Waals surface area contributed by atoms with Crippen molar-refractivity contribution in [3.8, 4) is 0 Å². The van der Waals surface area contributed by atoms with Gasteiger partial charge >= 0.3 is 0 Å². The first-order valence-corrected chi connectivity index (χ1v) is 10.5. The van der Waals surface area contributed by atoms with E-state index in [4.69, 9.17) is 0 Å². The van der Waals surface area contributed by atoms with Crippen molar-refractivity contribution in [3.63, 3.8) is 0 Å². The van der Waals surface area contributed by atoms with Gasteiger partial charge in [0.1, 0.15) is 0 Å². The summed E-state index contributed by atoms with van der Waals surface area (Å²) in [7, 11) is 2.63. The number of nitro benzene ring substituents is 2. The summed E-state index contributed by atoms with van der Waals surface area (Å²) in [5, 5.41) is 21.3. The van der Waals surface area contributed by atoms with E-state index < -0.39 is 9.85 Å². The maximum absolute atomic E-state index is 10.7. The van der Waals surface area contributed by atoms with Gasteiger partial charge in [-0.25, -0.2) is 0 Å². The van der Waals surface area contributed by atoms with Gasteiger partial charge in [0, 0.05) is 66.8 Å². The minimum atomic E-state index is -0.456. The van der Waals surface area contributed by atoms with Crippen LogP contribution in [0.3, 0.4) is 0 Å². The third-order valence-corrected chi connectivity index (χ3v) is 4.67. The van der Waals surface area contributed by atoms with E-state index >= 15 is 0 Å². The quantitative estimate of drug-likeness (QED) is 0.179. The van der Waals surface area contributed by atoms with Crippen LogP contribution < -0.4 is 0 Å². The van der Waals surface area contributed by atoms with E-state index in [1.807, 2.05) is 41.5 Å². The number of hydrogen-bond acceptors (Lipinski definition) is 6. The molecule has 0 aromatic heterocycles. The Labute approximate surface area is 201 Å². The predicted octanol–water partition coefficient (Wildman–Crippen LogP) is 7.83. The molecule has 2 rings (SSSR count). The molecule has 0 spiro atoms. The summed E-state index contributed by atoms with van der Waals surface area (Å²) < 4.78 is 0. The summed E-state index contributed by atoms with van der Waals surface area (Å²) in [6, 6.07) is 12.5. The van der Waals surface area contributed by atoms with Gasteiger partial charge in [-0.1, -0.05) is 75.3 Å². The second-order valence-electron chi connectivity index (χ2n) is 3.68. The SMILES string of the molecule is CC.CC.CC.O=[N+]([O-])c1cccc(SSc2cccc([N+](=O)[O-])c2)c1.[CH3-].[Y]. The van der Waals surface area contributed by atoms with Crippen LogP contribution in [0.25, 0.3) is 0 Å². The average molecular weight is 502 g/mol. The van der Waals surface area contributed by atoms with Crippen molar-refractivity contribution in [1.82, 2.24) is 0 Å². The van der Waals surface area contributed by atoms with E-state index in [0.29, 0.717) is 0 Å². The number of rotatable bonds is 5. The smallest absolute Gasteiger partial charge is 0.270 e. The Morgan fingerprint density at radius 3 is 1.21 bits per heavy atom. The minimum Gasteiger partial charge on any atom is -0.358 e. The molecule has 0 aliphatic heterocycles. The fourth-order valence-electron chi connectivity index (χ4n) is 1.39. The zero-order valence-corrected chi connectivity index (χ0v) is 22.0. The van der Waals surface area contributed by atoms with Crippen molar-refractivity contribution < 1.29 is 42.6 Å². The van der Waals surface area contributed by atoms with Gasteiger partial charge in [-0.2, -0.15) is 0 Å². The topological polar surface area (TPSA) is 86.3 Å². The molecule has 0 bridgehead atoms. The van der Waals surface area contributed by atoms with Crippen LogP contribution in [0.15, 0.2) is 58.3 Å². The summed E-state index contributed by atoms with van der Waals surface area (Å²) in [5.74, 6) is 0. The molecule has 0 heterocycles. The van der Waals surface area contributed by atoms with Gasteiger partial charge in [0.15, 0.2) is 0 Å². The van der Waals surface area contributed by atoms with Crippen molar-refractivity contribution in [2.45, 2.75) is 51.3 Å². The minimum absolute atomic E-state index is 0. The van der Waals surface area contributed by atoms with Gasteiger partial charge in [0.2, 0.25) is 0 Å². The Bertz CT molecular complexity index is 616. The molecule has 2 aromatic rings. The number of nitrogens with zero attached hydrogens (tertiary/aromatic N) is 2. The fourth-order valence-corrected chi connectivity index (χ4v) is 3.39. The van der Waals surface area contributed by atoms with E-state index in [9.17, 15) is 20.2 Å². The first-order valence-electron chi connectivity index (χ1n) is 8.40. The number of benzene rings is 2. The standard InChI is InChI=1S/C12H8N2O4S2.3C2H6.CH3.Y/c15-13(16)9-3-1-5-11(7-9)19-20-12-6-2-4-10(8-12)14(17)18;3*1-2;;/h1-8H;3*1-2H3;1H3;/q;;;;-1;. The Kier molecular flexibility index (Phi) is 27.6. The predicted molar refractivity (Wildman–Crippen MR) is 118 cm³/mol. The summed E-state index contributed by atoms with van der Waals surface area (Å²) in [4.78, 5) is 21.8. The molecule has 2 aromatic carbocycles. The van der Waals surface area contributed by atoms with Crippen molar-refractivity contribution in [1.29, 1.82) is 0 Å². The van der Waals surface area contributed by atoms with Gasteiger partial charge in [-0.15, -0.1) is 0 Å². The van der Waals surface area contributed by atoms with Crippen LogP contribution in [-0.2, 0) is 32.7 Å². The third kappa shape index (κ3) is 14.1. The zero-order valence-electron chi connectivity index (χ0n) is 17.5. The fraction of sp³-hybridized carbons (Fsp3) is 0.316. The summed E-state index contributed by atoms with van der Waals surface area (Å²) in [5.41, 5.74) is 0.0456. The van der Waals surface area contributed by atoms with Gasteiger partial charge < -0.3 is 7.43 Å². The normalized spacial score (nSPS) is 7.93. The first kappa shape index (κ1) is 34.5. The summed E-state index contributed by atoms with van der Waals surface area (Å²) >= 11 is 0. The van der Waals surface area contributed by atoms with E-state index in [0.717, 1.165) is 9.79 Å². The van der Waals surface area contributed by atoms with E-state index in [1.165, 1.54) is 45.9 Å². The monoisotopic (exact) mass is 502 g/mol. The van der Waals surface area contributed by atoms with Crippen LogP contribution in [0.1, 0.15) is 41.5 Å². The molecule has 0 aliphatic rings. The molecule has 155 valence electrons. The second-order valence-corrected chi connectivity index (χ2v) is 5.95. The molecule has 0 aliphatic carbocycles. The first-order chi connectivity index (χ1) is 12.6. The molecule has 1 radical (unpaired) electrons. The molecule has 28 heavy (non-hydrogen) atoms. The van der Waals surface area contributed by atoms with Gasteiger partial charge in [0.25, 0.3) is 11.4 Å². The maximum atomic E-state index is 10.7. The molecule has 9 heteroatoms. The molecule has 0 saturated heterocycles. The number of nitro groups is 2. The van der Waals surface area contributed by atoms with Crippen LogP contribution in [-0.4, -0.2) is 9.85 Å². The molecule has 0 fully saturated rings. The molecule has 6 nitrogen and oxygen atoms in total. The largest absolute Gasteiger partial charge is 0.358 e. The van der Waals surface area contributed by atoms with Crippen molar-refractivity contribution >= 4 is 33.0 Å². The molecule has 0 N–H and O–H groups in total. The molecular weight excluding hydrogens is 473 g/mol. The Hall–Kier alpha value is -0.956. The molecule has 0 atom stereocenters. The van der Waals surface area contributed by atoms with Gasteiger partial charge in [-0.3, -0.25) is 20.2 Å². The van der Waals surface area contributed by atoms with Crippen LogP contribution >= 0.6 is 21.6 Å². The van der Waals surface area contributed by atoms with Crippen molar-refractivity contribution in [2.24, 2.45) is 0 Å².